The molecule has 0 atom stereocenters. The number of amides is 4. The number of nitrogens with zero attached hydrogens (tertiary/aromatic N) is 4. The Hall–Kier alpha value is -3.98. The lowest BCUT2D eigenvalue weighted by atomic mass is 9.95. The van der Waals surface area contributed by atoms with Crippen LogP contribution in [-0.4, -0.2) is 50.9 Å². The van der Waals surface area contributed by atoms with E-state index >= 15 is 0 Å². The molecule has 0 radical (unpaired) electrons. The fourth-order valence-corrected chi connectivity index (χ4v) is 3.77. The maximum absolute atomic E-state index is 12.0. The van der Waals surface area contributed by atoms with Gasteiger partial charge in [0.1, 0.15) is 11.1 Å². The van der Waals surface area contributed by atoms with E-state index in [1.165, 1.54) is 32.8 Å². The number of benzene rings is 2. The first-order chi connectivity index (χ1) is 16.1. The summed E-state index contributed by atoms with van der Waals surface area (Å²) in [6.07, 6.45) is 0. The number of aromatic nitrogens is 2. The number of barbiturate groups is 1. The lowest BCUT2D eigenvalue weighted by Gasteiger charge is -2.32. The fourth-order valence-electron chi connectivity index (χ4n) is 3.50. The number of hydrogen-bond acceptors (Lipinski definition) is 5. The number of urea groups is 1. The summed E-state index contributed by atoms with van der Waals surface area (Å²) in [7, 11) is 5.73. The molecule has 0 bridgehead atoms. The number of imide groups is 2. The molecule has 1 aliphatic rings. The van der Waals surface area contributed by atoms with Gasteiger partial charge >= 0.3 is 11.7 Å². The lowest BCUT2D eigenvalue weighted by molar-refractivity contribution is -0.143. The second-order valence-corrected chi connectivity index (χ2v) is 8.02. The van der Waals surface area contributed by atoms with E-state index in [1.54, 1.807) is 42.5 Å². The maximum atomic E-state index is 12.0. The Labute approximate surface area is 200 Å². The van der Waals surface area contributed by atoms with Crippen LogP contribution in [0, 0.1) is 0 Å². The van der Waals surface area contributed by atoms with Crippen molar-refractivity contribution < 1.29 is 14.4 Å². The van der Waals surface area contributed by atoms with Crippen molar-refractivity contribution in [2.75, 3.05) is 14.1 Å². The highest BCUT2D eigenvalue weighted by Gasteiger charge is 2.43. The van der Waals surface area contributed by atoms with Crippen LogP contribution in [0.4, 0.5) is 4.79 Å². The van der Waals surface area contributed by atoms with Gasteiger partial charge in [0, 0.05) is 28.2 Å². The zero-order valence-electron chi connectivity index (χ0n) is 19.1. The van der Waals surface area contributed by atoms with Gasteiger partial charge in [0.15, 0.2) is 0 Å². The molecule has 1 aromatic heterocycles. The fraction of sp³-hybridized carbons (Fsp3) is 0.208. The number of carbonyl (C=O) groups is 3. The van der Waals surface area contributed by atoms with Crippen LogP contribution in [0.15, 0.2) is 70.3 Å². The first kappa shape index (κ1) is 24.7. The van der Waals surface area contributed by atoms with Gasteiger partial charge < -0.3 is 0 Å². The summed E-state index contributed by atoms with van der Waals surface area (Å²) in [4.78, 5) is 61.0. The van der Waals surface area contributed by atoms with Gasteiger partial charge in [0.05, 0.1) is 5.56 Å². The molecule has 4 rings (SSSR count). The number of rotatable bonds is 2. The summed E-state index contributed by atoms with van der Waals surface area (Å²) in [5.74, 6) is -1.88. The van der Waals surface area contributed by atoms with Crippen LogP contribution in [0.1, 0.15) is 11.5 Å². The third-order valence-corrected chi connectivity index (χ3v) is 5.96. The van der Waals surface area contributed by atoms with E-state index in [9.17, 15) is 24.0 Å². The topological polar surface area (TPSA) is 102 Å². The van der Waals surface area contributed by atoms with Crippen molar-refractivity contribution in [3.05, 3.63) is 92.2 Å². The minimum atomic E-state index is -0.913. The zero-order valence-corrected chi connectivity index (χ0v) is 19.8. The van der Waals surface area contributed by atoms with Crippen LogP contribution in [0.3, 0.4) is 0 Å². The molecular weight excluding hydrogens is 460 g/mol. The number of likely N-dealkylation sites (N-methyl/N-ethyl adjacent to an activating group) is 2. The molecule has 1 fully saturated rings. The minimum absolute atomic E-state index is 0.157. The highest BCUT2D eigenvalue weighted by molar-refractivity contribution is 6.32. The monoisotopic (exact) mass is 482 g/mol. The van der Waals surface area contributed by atoms with Crippen molar-refractivity contribution in [3.8, 4) is 11.1 Å². The molecule has 2 heterocycles. The summed E-state index contributed by atoms with van der Waals surface area (Å²) in [6, 6.07) is 17.2. The van der Waals surface area contributed by atoms with E-state index < -0.39 is 29.5 Å². The van der Waals surface area contributed by atoms with Gasteiger partial charge in [-0.15, -0.1) is 0 Å². The van der Waals surface area contributed by atoms with Crippen LogP contribution >= 0.6 is 11.6 Å². The predicted molar refractivity (Wildman–Crippen MR) is 127 cm³/mol. The van der Waals surface area contributed by atoms with E-state index in [0.717, 1.165) is 14.4 Å². The van der Waals surface area contributed by atoms with Crippen LogP contribution in [0.2, 0.25) is 5.15 Å². The highest BCUT2D eigenvalue weighted by atomic mass is 35.5. The average Bonchev–Trinajstić information content (AvgIpc) is 2.86. The van der Waals surface area contributed by atoms with Gasteiger partial charge in [-0.25, -0.2) is 9.59 Å². The van der Waals surface area contributed by atoms with Crippen LogP contribution in [-0.2, 0) is 23.7 Å². The van der Waals surface area contributed by atoms with Crippen molar-refractivity contribution in [1.29, 1.82) is 0 Å². The molecule has 0 unspecified atom stereocenters. The number of hydrogen-bond donors (Lipinski definition) is 0. The second kappa shape index (κ2) is 9.88. The Morgan fingerprint density at radius 2 is 1.15 bits per heavy atom. The maximum Gasteiger partial charge on any atom is 0.332 e. The SMILES string of the molecule is CN1C(=O)C(c2ccccc2)C(=O)N(C)C1=O.Cn1c(Cl)c(-c2ccccc2)c(=O)n(C)c1=O. The Kier molecular flexibility index (Phi) is 7.17. The molecule has 0 aliphatic carbocycles. The molecule has 1 saturated heterocycles. The Balaban J connectivity index is 0.000000191. The molecular formula is C24H23ClN4O5. The van der Waals surface area contributed by atoms with Gasteiger partial charge in [0.2, 0.25) is 11.8 Å². The highest BCUT2D eigenvalue weighted by Crippen LogP contribution is 2.25. The molecule has 0 spiro atoms. The van der Waals surface area contributed by atoms with Crippen LogP contribution < -0.4 is 11.2 Å². The van der Waals surface area contributed by atoms with Crippen molar-refractivity contribution in [2.45, 2.75) is 5.92 Å². The van der Waals surface area contributed by atoms with Gasteiger partial charge in [-0.2, -0.15) is 0 Å². The van der Waals surface area contributed by atoms with Gasteiger partial charge in [-0.1, -0.05) is 72.3 Å². The summed E-state index contributed by atoms with van der Waals surface area (Å²) >= 11 is 6.06. The van der Waals surface area contributed by atoms with E-state index in [1.807, 2.05) is 18.2 Å². The number of halogens is 1. The smallest absolute Gasteiger partial charge is 0.286 e. The Bertz CT molecular complexity index is 1340. The lowest BCUT2D eigenvalue weighted by Crippen LogP contribution is -2.55. The largest absolute Gasteiger partial charge is 0.332 e. The standard InChI is InChI=1S/C12H11ClN2O2.C12H12N2O3/c1-14-10(13)9(8-6-4-3-5-7-8)11(16)15(2)12(14)17;1-13-10(15)9(8-6-4-3-5-7-8)11(16)14(2)12(13)17/h3-7H,1-2H3;3-7,9H,1-2H3. The first-order valence-corrected chi connectivity index (χ1v) is 10.6. The summed E-state index contributed by atoms with van der Waals surface area (Å²) in [5, 5.41) is 0.157. The third-order valence-electron chi connectivity index (χ3n) is 5.52. The summed E-state index contributed by atoms with van der Waals surface area (Å²) in [5.41, 5.74) is 0.836. The molecule has 0 N–H and O–H groups in total. The Morgan fingerprint density at radius 1 is 0.676 bits per heavy atom. The minimum Gasteiger partial charge on any atom is -0.286 e. The molecule has 10 heteroatoms. The predicted octanol–water partition coefficient (Wildman–Crippen LogP) is 2.22. The first-order valence-electron chi connectivity index (χ1n) is 10.2. The van der Waals surface area contributed by atoms with Crippen molar-refractivity contribution in [2.24, 2.45) is 14.1 Å². The van der Waals surface area contributed by atoms with E-state index in [2.05, 4.69) is 0 Å². The Morgan fingerprint density at radius 3 is 1.65 bits per heavy atom. The normalized spacial score (nSPS) is 14.2. The molecule has 34 heavy (non-hydrogen) atoms. The van der Waals surface area contributed by atoms with E-state index in [0.29, 0.717) is 16.7 Å². The van der Waals surface area contributed by atoms with Crippen LogP contribution in [0.5, 0.6) is 0 Å². The zero-order chi connectivity index (χ0) is 25.2. The molecule has 4 amide bonds. The molecule has 1 aliphatic heterocycles. The number of carbonyl (C=O) groups excluding carboxylic acids is 3. The van der Waals surface area contributed by atoms with Crippen molar-refractivity contribution >= 4 is 29.4 Å². The third kappa shape index (κ3) is 4.42. The molecule has 9 nitrogen and oxygen atoms in total. The average molecular weight is 483 g/mol. The summed E-state index contributed by atoms with van der Waals surface area (Å²) in [6.45, 7) is 0. The quantitative estimate of drug-likeness (QED) is 0.412. The van der Waals surface area contributed by atoms with Gasteiger partial charge in [0.25, 0.3) is 5.56 Å². The van der Waals surface area contributed by atoms with Crippen LogP contribution in [0.25, 0.3) is 11.1 Å². The second-order valence-electron chi connectivity index (χ2n) is 7.66. The van der Waals surface area contributed by atoms with E-state index in [-0.39, 0.29) is 10.7 Å². The molecule has 3 aromatic rings. The molecule has 0 saturated carbocycles. The van der Waals surface area contributed by atoms with Crippen molar-refractivity contribution in [1.82, 2.24) is 18.9 Å². The summed E-state index contributed by atoms with van der Waals surface area (Å²) < 4.78 is 2.31. The molecule has 176 valence electrons. The molecule has 2 aromatic carbocycles. The van der Waals surface area contributed by atoms with Gasteiger partial charge in [-0.05, 0) is 11.1 Å². The van der Waals surface area contributed by atoms with Crippen molar-refractivity contribution in [3.63, 3.8) is 0 Å². The van der Waals surface area contributed by atoms with E-state index in [4.69, 9.17) is 11.6 Å². The van der Waals surface area contributed by atoms with Gasteiger partial charge in [-0.3, -0.25) is 33.3 Å².